The van der Waals surface area contributed by atoms with Crippen LogP contribution in [-0.4, -0.2) is 18.1 Å². The number of aromatic nitrogens is 1. The van der Waals surface area contributed by atoms with Crippen LogP contribution in [0.1, 0.15) is 10.4 Å². The Morgan fingerprint density at radius 3 is 2.65 bits per heavy atom. The van der Waals surface area contributed by atoms with Gasteiger partial charge in [-0.25, -0.2) is 4.98 Å². The molecule has 17 heavy (non-hydrogen) atoms. The molecule has 1 aromatic heterocycles. The summed E-state index contributed by atoms with van der Waals surface area (Å²) in [6, 6.07) is 8.08. The molecule has 1 aromatic carbocycles. The average Bonchev–Trinajstić information content (AvgIpc) is 2.73. The van der Waals surface area contributed by atoms with Gasteiger partial charge in [0.25, 0.3) is 0 Å². The third kappa shape index (κ3) is 3.75. The molecule has 0 fully saturated rings. The summed E-state index contributed by atoms with van der Waals surface area (Å²) in [5.41, 5.74) is 1.24. The van der Waals surface area contributed by atoms with Crippen LogP contribution in [0.3, 0.4) is 0 Å². The summed E-state index contributed by atoms with van der Waals surface area (Å²) >= 11 is 1.66. The highest BCUT2D eigenvalue weighted by Gasteiger charge is 1.97. The molecule has 0 spiro atoms. The average molecular weight is 248 g/mol. The lowest BCUT2D eigenvalue weighted by Gasteiger charge is -2.06. The molecular formula is C13H16N2OS. The SMILES string of the molecule is Cc1ccc(OCCNc2ncc(C)s2)cc1. The van der Waals surface area contributed by atoms with Gasteiger partial charge in [-0.1, -0.05) is 17.7 Å². The number of benzene rings is 1. The Morgan fingerprint density at radius 1 is 1.24 bits per heavy atom. The molecule has 0 unspecified atom stereocenters. The van der Waals surface area contributed by atoms with Crippen LogP contribution in [0.2, 0.25) is 0 Å². The summed E-state index contributed by atoms with van der Waals surface area (Å²) < 4.78 is 5.60. The van der Waals surface area contributed by atoms with E-state index in [1.165, 1.54) is 10.4 Å². The van der Waals surface area contributed by atoms with Crippen molar-refractivity contribution in [2.24, 2.45) is 0 Å². The van der Waals surface area contributed by atoms with Crippen LogP contribution in [0.4, 0.5) is 5.13 Å². The first-order valence-corrected chi connectivity index (χ1v) is 6.41. The van der Waals surface area contributed by atoms with Gasteiger partial charge in [0, 0.05) is 11.1 Å². The van der Waals surface area contributed by atoms with Crippen LogP contribution in [0.5, 0.6) is 5.75 Å². The maximum absolute atomic E-state index is 5.60. The third-order valence-electron chi connectivity index (χ3n) is 2.29. The van der Waals surface area contributed by atoms with E-state index in [0.717, 1.165) is 17.4 Å². The molecule has 0 aliphatic rings. The lowest BCUT2D eigenvalue weighted by atomic mass is 10.2. The fourth-order valence-corrected chi connectivity index (χ4v) is 2.09. The van der Waals surface area contributed by atoms with E-state index in [9.17, 15) is 0 Å². The van der Waals surface area contributed by atoms with Crippen molar-refractivity contribution in [3.8, 4) is 5.75 Å². The maximum Gasteiger partial charge on any atom is 0.182 e. The minimum Gasteiger partial charge on any atom is -0.492 e. The highest BCUT2D eigenvalue weighted by Crippen LogP contribution is 2.16. The van der Waals surface area contributed by atoms with Crippen molar-refractivity contribution in [1.82, 2.24) is 4.98 Å². The van der Waals surface area contributed by atoms with Gasteiger partial charge in [-0.05, 0) is 26.0 Å². The number of rotatable bonds is 5. The van der Waals surface area contributed by atoms with Crippen LogP contribution in [0.25, 0.3) is 0 Å². The van der Waals surface area contributed by atoms with Crippen molar-refractivity contribution >= 4 is 16.5 Å². The highest BCUT2D eigenvalue weighted by atomic mass is 32.1. The van der Waals surface area contributed by atoms with Crippen molar-refractivity contribution in [3.63, 3.8) is 0 Å². The molecule has 90 valence electrons. The van der Waals surface area contributed by atoms with Crippen molar-refractivity contribution in [2.75, 3.05) is 18.5 Å². The molecular weight excluding hydrogens is 232 g/mol. The molecule has 2 aromatic rings. The predicted octanol–water partition coefficient (Wildman–Crippen LogP) is 3.25. The summed E-state index contributed by atoms with van der Waals surface area (Å²) in [6.07, 6.45) is 1.87. The fraction of sp³-hybridized carbons (Fsp3) is 0.308. The van der Waals surface area contributed by atoms with Crippen LogP contribution in [0.15, 0.2) is 30.5 Å². The van der Waals surface area contributed by atoms with E-state index in [4.69, 9.17) is 4.74 Å². The Kier molecular flexibility index (Phi) is 3.98. The summed E-state index contributed by atoms with van der Waals surface area (Å²) in [4.78, 5) is 5.44. The Morgan fingerprint density at radius 2 is 2.00 bits per heavy atom. The number of thiazole rings is 1. The minimum atomic E-state index is 0.641. The van der Waals surface area contributed by atoms with Gasteiger partial charge in [0.2, 0.25) is 0 Å². The molecule has 4 heteroatoms. The zero-order valence-electron chi connectivity index (χ0n) is 10.1. The molecule has 1 heterocycles. The van der Waals surface area contributed by atoms with Crippen molar-refractivity contribution in [3.05, 3.63) is 40.9 Å². The van der Waals surface area contributed by atoms with Gasteiger partial charge >= 0.3 is 0 Å². The monoisotopic (exact) mass is 248 g/mol. The molecule has 0 amide bonds. The number of nitrogens with zero attached hydrogens (tertiary/aromatic N) is 1. The number of anilines is 1. The Hall–Kier alpha value is -1.55. The predicted molar refractivity (Wildman–Crippen MR) is 72.0 cm³/mol. The molecule has 3 nitrogen and oxygen atoms in total. The Bertz CT molecular complexity index is 465. The van der Waals surface area contributed by atoms with Gasteiger partial charge in [-0.3, -0.25) is 0 Å². The molecule has 0 aliphatic heterocycles. The summed E-state index contributed by atoms with van der Waals surface area (Å²) in [5, 5.41) is 4.18. The first-order chi connectivity index (χ1) is 8.24. The molecule has 1 N–H and O–H groups in total. The van der Waals surface area contributed by atoms with Crippen molar-refractivity contribution < 1.29 is 4.74 Å². The molecule has 0 saturated heterocycles. The second kappa shape index (κ2) is 5.68. The van der Waals surface area contributed by atoms with Gasteiger partial charge in [0.1, 0.15) is 12.4 Å². The second-order valence-corrected chi connectivity index (χ2v) is 5.10. The number of ether oxygens (including phenoxy) is 1. The Labute approximate surface area is 105 Å². The molecule has 0 aliphatic carbocycles. The highest BCUT2D eigenvalue weighted by molar-refractivity contribution is 7.15. The fourth-order valence-electron chi connectivity index (χ4n) is 1.40. The summed E-state index contributed by atoms with van der Waals surface area (Å²) in [6.45, 7) is 5.52. The van der Waals surface area contributed by atoms with E-state index >= 15 is 0 Å². The molecule has 0 radical (unpaired) electrons. The zero-order chi connectivity index (χ0) is 12.1. The van der Waals surface area contributed by atoms with Crippen molar-refractivity contribution in [1.29, 1.82) is 0 Å². The van der Waals surface area contributed by atoms with E-state index in [1.807, 2.05) is 37.4 Å². The van der Waals surface area contributed by atoms with Gasteiger partial charge in [0.15, 0.2) is 5.13 Å². The standard InChI is InChI=1S/C13H16N2OS/c1-10-3-5-12(6-4-10)16-8-7-14-13-15-9-11(2)17-13/h3-6,9H,7-8H2,1-2H3,(H,14,15). The Balaban J connectivity index is 1.71. The van der Waals surface area contributed by atoms with Gasteiger partial charge < -0.3 is 10.1 Å². The summed E-state index contributed by atoms with van der Waals surface area (Å²) in [5.74, 6) is 0.910. The number of hydrogen-bond donors (Lipinski definition) is 1. The summed E-state index contributed by atoms with van der Waals surface area (Å²) in [7, 11) is 0. The molecule has 2 rings (SSSR count). The van der Waals surface area contributed by atoms with Crippen LogP contribution in [-0.2, 0) is 0 Å². The van der Waals surface area contributed by atoms with E-state index in [0.29, 0.717) is 6.61 Å². The van der Waals surface area contributed by atoms with Gasteiger partial charge in [0.05, 0.1) is 6.54 Å². The number of aryl methyl sites for hydroxylation is 2. The van der Waals surface area contributed by atoms with Crippen LogP contribution < -0.4 is 10.1 Å². The zero-order valence-corrected chi connectivity index (χ0v) is 10.9. The van der Waals surface area contributed by atoms with Crippen LogP contribution in [0, 0.1) is 13.8 Å². The normalized spacial score (nSPS) is 10.2. The van der Waals surface area contributed by atoms with E-state index < -0.39 is 0 Å². The van der Waals surface area contributed by atoms with E-state index in [2.05, 4.69) is 17.2 Å². The third-order valence-corrected chi connectivity index (χ3v) is 3.16. The second-order valence-electron chi connectivity index (χ2n) is 3.86. The lowest BCUT2D eigenvalue weighted by Crippen LogP contribution is -2.11. The first-order valence-electron chi connectivity index (χ1n) is 5.60. The van der Waals surface area contributed by atoms with E-state index in [-0.39, 0.29) is 0 Å². The quantitative estimate of drug-likeness (QED) is 0.825. The molecule has 0 atom stereocenters. The topological polar surface area (TPSA) is 34.1 Å². The molecule has 0 saturated carbocycles. The molecule has 0 bridgehead atoms. The van der Waals surface area contributed by atoms with Gasteiger partial charge in [-0.2, -0.15) is 0 Å². The smallest absolute Gasteiger partial charge is 0.182 e. The van der Waals surface area contributed by atoms with E-state index in [1.54, 1.807) is 11.3 Å². The number of nitrogens with one attached hydrogen (secondary N) is 1. The number of hydrogen-bond acceptors (Lipinski definition) is 4. The largest absolute Gasteiger partial charge is 0.492 e. The maximum atomic E-state index is 5.60. The van der Waals surface area contributed by atoms with Crippen LogP contribution >= 0.6 is 11.3 Å². The lowest BCUT2D eigenvalue weighted by molar-refractivity contribution is 0.333. The minimum absolute atomic E-state index is 0.641. The first kappa shape index (κ1) is 11.9. The van der Waals surface area contributed by atoms with Gasteiger partial charge in [-0.15, -0.1) is 11.3 Å². The van der Waals surface area contributed by atoms with Crippen molar-refractivity contribution in [2.45, 2.75) is 13.8 Å².